The number of carbonyl (C=O) groups is 1. The van der Waals surface area contributed by atoms with Crippen molar-refractivity contribution >= 4 is 33.3 Å². The summed E-state index contributed by atoms with van der Waals surface area (Å²) in [4.78, 5) is 12.1. The Balaban J connectivity index is 2.28. The minimum Gasteiger partial charge on any atom is -0.294 e. The van der Waals surface area contributed by atoms with Crippen molar-refractivity contribution in [2.45, 2.75) is 13.3 Å². The summed E-state index contributed by atoms with van der Waals surface area (Å²) in [7, 11) is 0. The van der Waals surface area contributed by atoms with Crippen molar-refractivity contribution in [3.8, 4) is 0 Å². The van der Waals surface area contributed by atoms with Crippen LogP contribution in [-0.4, -0.2) is 5.78 Å². The molecular formula is C15H11BrClFO. The third-order valence-corrected chi connectivity index (χ3v) is 3.95. The zero-order valence-electron chi connectivity index (χ0n) is 10.2. The van der Waals surface area contributed by atoms with Gasteiger partial charge in [-0.1, -0.05) is 41.4 Å². The molecule has 0 atom stereocenters. The maximum Gasteiger partial charge on any atom is 0.170 e. The van der Waals surface area contributed by atoms with Crippen LogP contribution >= 0.6 is 27.5 Å². The first kappa shape index (κ1) is 14.2. The highest BCUT2D eigenvalue weighted by Crippen LogP contribution is 2.26. The summed E-state index contributed by atoms with van der Waals surface area (Å²) in [5, 5.41) is 0.328. The van der Waals surface area contributed by atoms with Crippen molar-refractivity contribution in [1.29, 1.82) is 0 Å². The minimum atomic E-state index is -0.561. The first-order valence-corrected chi connectivity index (χ1v) is 6.88. The molecule has 0 spiro atoms. The van der Waals surface area contributed by atoms with E-state index in [9.17, 15) is 9.18 Å². The standard InChI is InChI=1S/C15H11BrClFO/c1-9-3-2-4-10(5-9)6-15(19)11-7-13(17)12(16)8-14(11)18/h2-5,7-8H,6H2,1H3. The van der Waals surface area contributed by atoms with E-state index in [1.807, 2.05) is 31.2 Å². The first-order valence-electron chi connectivity index (χ1n) is 5.70. The van der Waals surface area contributed by atoms with Crippen molar-refractivity contribution in [3.63, 3.8) is 0 Å². The van der Waals surface area contributed by atoms with Crippen LogP contribution in [0.2, 0.25) is 5.02 Å². The Morgan fingerprint density at radius 2 is 2.05 bits per heavy atom. The number of Topliss-reactive ketones (excluding diaryl/α,β-unsaturated/α-hetero) is 1. The molecule has 0 radical (unpaired) electrons. The molecule has 0 saturated heterocycles. The number of halogens is 3. The molecular weight excluding hydrogens is 331 g/mol. The number of carbonyl (C=O) groups excluding carboxylic acids is 1. The van der Waals surface area contributed by atoms with Crippen LogP contribution in [0.15, 0.2) is 40.9 Å². The number of hydrogen-bond donors (Lipinski definition) is 0. The highest BCUT2D eigenvalue weighted by molar-refractivity contribution is 9.10. The van der Waals surface area contributed by atoms with Gasteiger partial charge < -0.3 is 0 Å². The zero-order valence-corrected chi connectivity index (χ0v) is 12.6. The lowest BCUT2D eigenvalue weighted by Gasteiger charge is -2.06. The molecule has 0 fully saturated rings. The van der Waals surface area contributed by atoms with Gasteiger partial charge in [-0.05, 0) is 40.5 Å². The smallest absolute Gasteiger partial charge is 0.170 e. The Bertz CT molecular complexity index is 640. The van der Waals surface area contributed by atoms with Crippen molar-refractivity contribution in [3.05, 3.63) is 68.4 Å². The highest BCUT2D eigenvalue weighted by atomic mass is 79.9. The van der Waals surface area contributed by atoms with Gasteiger partial charge in [0, 0.05) is 10.9 Å². The number of ketones is 1. The molecule has 98 valence electrons. The molecule has 0 bridgehead atoms. The van der Waals surface area contributed by atoms with Crippen molar-refractivity contribution in [2.75, 3.05) is 0 Å². The fourth-order valence-electron chi connectivity index (χ4n) is 1.84. The van der Waals surface area contributed by atoms with Gasteiger partial charge >= 0.3 is 0 Å². The van der Waals surface area contributed by atoms with Crippen LogP contribution in [0, 0.1) is 12.7 Å². The summed E-state index contributed by atoms with van der Waals surface area (Å²) in [6.07, 6.45) is 0.163. The van der Waals surface area contributed by atoms with Gasteiger partial charge in [0.05, 0.1) is 10.6 Å². The van der Waals surface area contributed by atoms with E-state index < -0.39 is 5.82 Å². The Kier molecular flexibility index (Phi) is 4.38. The highest BCUT2D eigenvalue weighted by Gasteiger charge is 2.15. The van der Waals surface area contributed by atoms with Crippen LogP contribution in [0.5, 0.6) is 0 Å². The molecule has 19 heavy (non-hydrogen) atoms. The summed E-state index contributed by atoms with van der Waals surface area (Å²) in [6, 6.07) is 10.2. The molecule has 2 aromatic rings. The summed E-state index contributed by atoms with van der Waals surface area (Å²) in [5.41, 5.74) is 1.96. The number of aryl methyl sites for hydroxylation is 1. The van der Waals surface area contributed by atoms with E-state index in [1.54, 1.807) is 0 Å². The average molecular weight is 342 g/mol. The molecule has 0 N–H and O–H groups in total. The van der Waals surface area contributed by atoms with Crippen LogP contribution < -0.4 is 0 Å². The Morgan fingerprint density at radius 1 is 1.32 bits per heavy atom. The van der Waals surface area contributed by atoms with Gasteiger partial charge in [-0.3, -0.25) is 4.79 Å². The average Bonchev–Trinajstić information content (AvgIpc) is 2.33. The van der Waals surface area contributed by atoms with Crippen LogP contribution in [0.4, 0.5) is 4.39 Å². The van der Waals surface area contributed by atoms with Gasteiger partial charge in [-0.2, -0.15) is 0 Å². The molecule has 2 rings (SSSR count). The topological polar surface area (TPSA) is 17.1 Å². The molecule has 1 nitrogen and oxygen atoms in total. The van der Waals surface area contributed by atoms with E-state index in [1.165, 1.54) is 12.1 Å². The third-order valence-electron chi connectivity index (χ3n) is 2.76. The van der Waals surface area contributed by atoms with Crippen molar-refractivity contribution < 1.29 is 9.18 Å². The molecule has 0 amide bonds. The maximum absolute atomic E-state index is 13.8. The lowest BCUT2D eigenvalue weighted by molar-refractivity contribution is 0.0989. The maximum atomic E-state index is 13.8. The quantitative estimate of drug-likeness (QED) is 0.569. The monoisotopic (exact) mass is 340 g/mol. The number of benzene rings is 2. The second-order valence-electron chi connectivity index (χ2n) is 4.34. The van der Waals surface area contributed by atoms with Gasteiger partial charge in [-0.15, -0.1) is 0 Å². The Morgan fingerprint density at radius 3 is 2.74 bits per heavy atom. The van der Waals surface area contributed by atoms with E-state index in [-0.39, 0.29) is 17.8 Å². The lowest BCUT2D eigenvalue weighted by atomic mass is 10.0. The van der Waals surface area contributed by atoms with Gasteiger partial charge in [-0.25, -0.2) is 4.39 Å². The zero-order chi connectivity index (χ0) is 14.0. The summed E-state index contributed by atoms with van der Waals surface area (Å²) >= 11 is 9.01. The van der Waals surface area contributed by atoms with Crippen LogP contribution in [0.25, 0.3) is 0 Å². The van der Waals surface area contributed by atoms with Gasteiger partial charge in [0.25, 0.3) is 0 Å². The lowest BCUT2D eigenvalue weighted by Crippen LogP contribution is -2.06. The van der Waals surface area contributed by atoms with Gasteiger partial charge in [0.15, 0.2) is 5.78 Å². The predicted molar refractivity (Wildman–Crippen MR) is 78.3 cm³/mol. The largest absolute Gasteiger partial charge is 0.294 e. The van der Waals surface area contributed by atoms with E-state index in [4.69, 9.17) is 11.6 Å². The summed E-state index contributed by atoms with van der Waals surface area (Å²) < 4.78 is 14.2. The third kappa shape index (κ3) is 3.43. The summed E-state index contributed by atoms with van der Waals surface area (Å²) in [5.74, 6) is -0.841. The van der Waals surface area contributed by atoms with E-state index in [0.29, 0.717) is 9.50 Å². The fourth-order valence-corrected chi connectivity index (χ4v) is 2.32. The SMILES string of the molecule is Cc1cccc(CC(=O)c2cc(Cl)c(Br)cc2F)c1. The van der Waals surface area contributed by atoms with Gasteiger partial charge in [0.1, 0.15) is 5.82 Å². The molecule has 0 saturated carbocycles. The predicted octanol–water partition coefficient (Wildman–Crippen LogP) is 4.98. The molecule has 0 heterocycles. The molecule has 0 unspecified atom stereocenters. The molecule has 0 aliphatic carbocycles. The molecule has 4 heteroatoms. The second-order valence-corrected chi connectivity index (χ2v) is 5.60. The normalized spacial score (nSPS) is 10.5. The van der Waals surface area contributed by atoms with Crippen LogP contribution in [0.1, 0.15) is 21.5 Å². The van der Waals surface area contributed by atoms with Gasteiger partial charge in [0.2, 0.25) is 0 Å². The van der Waals surface area contributed by atoms with Crippen molar-refractivity contribution in [1.82, 2.24) is 0 Å². The number of hydrogen-bond acceptors (Lipinski definition) is 1. The summed E-state index contributed by atoms with van der Waals surface area (Å²) in [6.45, 7) is 1.95. The molecule has 2 aromatic carbocycles. The van der Waals surface area contributed by atoms with E-state index in [0.717, 1.165) is 11.1 Å². The first-order chi connectivity index (χ1) is 8.97. The molecule has 0 aliphatic rings. The van der Waals surface area contributed by atoms with Crippen LogP contribution in [-0.2, 0) is 6.42 Å². The number of rotatable bonds is 3. The molecule has 0 aromatic heterocycles. The second kappa shape index (κ2) is 5.85. The van der Waals surface area contributed by atoms with Crippen molar-refractivity contribution in [2.24, 2.45) is 0 Å². The van der Waals surface area contributed by atoms with Crippen LogP contribution in [0.3, 0.4) is 0 Å². The van der Waals surface area contributed by atoms with E-state index in [2.05, 4.69) is 15.9 Å². The Labute approximate surface area is 124 Å². The molecule has 0 aliphatic heterocycles. The Hall–Kier alpha value is -1.19. The fraction of sp³-hybridized carbons (Fsp3) is 0.133. The minimum absolute atomic E-state index is 0.0229. The van der Waals surface area contributed by atoms with E-state index >= 15 is 0 Å².